The maximum atomic E-state index is 13.5. The molecule has 16 rings (SSSR count). The Morgan fingerprint density at radius 3 is 1.14 bits per heavy atom. The monoisotopic (exact) mass is 2230 g/mol. The highest BCUT2D eigenvalue weighted by molar-refractivity contribution is 8.01. The zero-order valence-electron chi connectivity index (χ0n) is 77.1. The van der Waals surface area contributed by atoms with Gasteiger partial charge in [0, 0.05) is 93.5 Å². The summed E-state index contributed by atoms with van der Waals surface area (Å²) in [6.45, 7) is -0.525. The second-order valence-corrected chi connectivity index (χ2v) is 42.0. The number of pyridine rings is 2. The number of aromatic amines is 2. The number of aromatic nitrogens is 6. The van der Waals surface area contributed by atoms with Crippen LogP contribution in [0.15, 0.2) is 202 Å². The summed E-state index contributed by atoms with van der Waals surface area (Å²) in [4.78, 5) is 240. The van der Waals surface area contributed by atoms with Gasteiger partial charge in [-0.1, -0.05) is 72.8 Å². The normalized spacial score (nSPS) is 20.2. The second-order valence-electron chi connectivity index (χ2n) is 32.5. The Kier molecular flexibility index (Phi) is 36.6. The van der Waals surface area contributed by atoms with Gasteiger partial charge >= 0.3 is 36.1 Å². The number of β-lactam (4-membered cyclic amide) rings is 4. The van der Waals surface area contributed by atoms with Gasteiger partial charge in [-0.25, -0.2) is 47.9 Å². The minimum absolute atomic E-state index is 0. The summed E-state index contributed by atoms with van der Waals surface area (Å²) in [5.41, 5.74) is 6.59. The number of benzene rings is 2. The third-order valence-corrected chi connectivity index (χ3v) is 31.7. The first-order valence-electron chi connectivity index (χ1n) is 43.2. The molecule has 61 heteroatoms. The van der Waals surface area contributed by atoms with Crippen LogP contribution in [-0.2, 0) is 135 Å². The fourth-order valence-corrected chi connectivity index (χ4v) is 24.0. The van der Waals surface area contributed by atoms with Crippen molar-refractivity contribution in [3.8, 4) is 0 Å². The molecular formula is C88H87ClN18O34S8. The van der Waals surface area contributed by atoms with Crippen LogP contribution in [0.1, 0.15) is 86.0 Å². The van der Waals surface area contributed by atoms with E-state index in [1.165, 1.54) is 83.9 Å². The Labute approximate surface area is 872 Å². The van der Waals surface area contributed by atoms with E-state index in [0.717, 1.165) is 42.0 Å². The number of fused-ring (bicyclic) bond motifs is 4. The van der Waals surface area contributed by atoms with E-state index in [-0.39, 0.29) is 121 Å². The number of aliphatic carboxylic acids is 4. The number of rotatable bonds is 38. The molecule has 788 valence electrons. The Morgan fingerprint density at radius 2 is 0.839 bits per heavy atom. The van der Waals surface area contributed by atoms with Gasteiger partial charge in [0.1, 0.15) is 70.3 Å². The van der Waals surface area contributed by atoms with Crippen molar-refractivity contribution in [1.29, 1.82) is 0 Å². The number of thiophene rings is 2. The number of aromatic carboxylic acids is 2. The van der Waals surface area contributed by atoms with Crippen molar-refractivity contribution >= 4 is 209 Å². The summed E-state index contributed by atoms with van der Waals surface area (Å²) in [5, 5.41) is 78.1. The van der Waals surface area contributed by atoms with Crippen LogP contribution in [0.25, 0.3) is 0 Å². The van der Waals surface area contributed by atoms with Crippen molar-refractivity contribution in [2.24, 2.45) is 11.5 Å². The first-order valence-corrected chi connectivity index (χ1v) is 52.4. The van der Waals surface area contributed by atoms with E-state index < -0.39 is 219 Å². The number of nitrogens with one attached hydrogen (secondary N) is 8. The van der Waals surface area contributed by atoms with Crippen molar-refractivity contribution in [3.63, 3.8) is 0 Å². The number of thioether (sulfide) groups is 4. The molecule has 6 aromatic heterocycles. The number of amides is 12. The number of imidazole rings is 2. The van der Waals surface area contributed by atoms with Gasteiger partial charge in [0.05, 0.1) is 60.3 Å². The molecule has 8 aliphatic rings. The average molecular weight is 2230 g/mol. The molecule has 0 saturated carbocycles. The van der Waals surface area contributed by atoms with E-state index in [0.29, 0.717) is 33.4 Å². The number of carboxylic acids is 6. The van der Waals surface area contributed by atoms with E-state index in [9.17, 15) is 134 Å². The van der Waals surface area contributed by atoms with Crippen LogP contribution in [0.4, 0.5) is 9.59 Å². The van der Waals surface area contributed by atoms with Crippen LogP contribution < -0.4 is 62.7 Å². The molecule has 0 radical (unpaired) electrons. The largest absolute Gasteiger partial charge is 0.543 e. The van der Waals surface area contributed by atoms with Gasteiger partial charge in [-0.2, -0.15) is 16.8 Å². The molecule has 0 spiro atoms. The quantitative estimate of drug-likeness (QED) is 0.00818. The fraction of sp³-hybridized carbons (Fsp3) is 0.295. The lowest BCUT2D eigenvalue weighted by Gasteiger charge is -2.55. The highest BCUT2D eigenvalue weighted by Crippen LogP contribution is 2.49. The third-order valence-electron chi connectivity index (χ3n) is 23.0. The number of hydrogen-bond donors (Lipinski definition) is 16. The van der Waals surface area contributed by atoms with Gasteiger partial charge in [0.15, 0.2) is 60.7 Å². The van der Waals surface area contributed by atoms with Crippen molar-refractivity contribution in [2.75, 3.05) is 62.0 Å². The van der Waals surface area contributed by atoms with Crippen LogP contribution >= 0.6 is 82.1 Å². The molecule has 0 aliphatic carbocycles. The molecule has 8 aliphatic heterocycles. The number of carbonyl (C=O) groups excluding carboxylic acids is 14. The van der Waals surface area contributed by atoms with Crippen molar-refractivity contribution < 1.29 is 171 Å². The summed E-state index contributed by atoms with van der Waals surface area (Å²) >= 11 is 7.64. The lowest BCUT2D eigenvalue weighted by Crippen LogP contribution is -2.80. The van der Waals surface area contributed by atoms with E-state index >= 15 is 0 Å². The number of aryl methyl sites for hydroxylation is 2. The fourth-order valence-electron chi connectivity index (χ4n) is 16.1. The summed E-state index contributed by atoms with van der Waals surface area (Å²) < 4.78 is 85.3. The van der Waals surface area contributed by atoms with Crippen LogP contribution in [0, 0.1) is 0 Å². The van der Waals surface area contributed by atoms with Gasteiger partial charge in [0.2, 0.25) is 23.6 Å². The molecule has 2 aromatic carbocycles. The molecule has 18 N–H and O–H groups in total. The number of methoxy groups -OCH3 is 2. The number of carbonyl (C=O) groups is 18. The number of hydrogen-bond acceptors (Lipinski definition) is 36. The topological polar surface area (TPSA) is 782 Å². The molecule has 12 amide bonds. The minimum Gasteiger partial charge on any atom is -0.543 e. The SMILES string of the molecule is CO[C@@]1(NC(=O)Cc2cccs2)C(=O)N2C(C(=O)O)=C(COC(N)=O)CS[C@@H]21.CO[C@@]1(NC(=O)Cc2cccs2)C(=O)N2C(C(=O)O)=C(COC(N)=O)CS[C@@H]21.Cl.O=C([O-])C1=C(C[n+]2ccc(CCS(=O)(=O)O)cc2)CS[C@@H]2[C@H](NC(=O)[C@H](NC(=O)c3nc[nH]c3C(=O)O)c3ccccc3)C(=O)N12.O=C([O-])C1=C(C[n+]2ccc(CCS(=O)(=O)O)cc2)CS[C@@H]2[C@H](NC(=O)[C@H](NC(=O)c3nc[nH]c3C(=O)O)c3ccccc3)C(=O)N12. The zero-order chi connectivity index (χ0) is 107. The molecule has 0 unspecified atom stereocenters. The highest BCUT2D eigenvalue weighted by Gasteiger charge is 2.68. The zero-order valence-corrected chi connectivity index (χ0v) is 84.4. The molecule has 149 heavy (non-hydrogen) atoms. The Morgan fingerprint density at radius 1 is 0.490 bits per heavy atom. The Hall–Kier alpha value is -15.0. The van der Waals surface area contributed by atoms with E-state index in [1.54, 1.807) is 131 Å². The Balaban J connectivity index is 0.000000181. The van der Waals surface area contributed by atoms with Crippen LogP contribution in [0.3, 0.4) is 0 Å². The van der Waals surface area contributed by atoms with Gasteiger partial charge in [-0.15, -0.1) is 82.1 Å². The van der Waals surface area contributed by atoms with Gasteiger partial charge < -0.3 is 113 Å². The van der Waals surface area contributed by atoms with E-state index in [2.05, 4.69) is 61.3 Å². The number of halogens is 1. The van der Waals surface area contributed by atoms with Crippen molar-refractivity contribution in [2.45, 2.75) is 95.9 Å². The molecule has 52 nitrogen and oxygen atoms in total. The predicted octanol–water partition coefficient (Wildman–Crippen LogP) is -2.58. The lowest BCUT2D eigenvalue weighted by atomic mass is 9.98. The molecule has 8 aromatic rings. The van der Waals surface area contributed by atoms with Crippen molar-refractivity contribution in [3.05, 3.63) is 257 Å². The number of nitrogens with two attached hydrogens (primary N) is 2. The first-order chi connectivity index (χ1) is 70.3. The minimum atomic E-state index is -4.13. The van der Waals surface area contributed by atoms with Crippen LogP contribution in [0.5, 0.6) is 0 Å². The molecule has 0 bridgehead atoms. The maximum Gasteiger partial charge on any atom is 0.404 e. The van der Waals surface area contributed by atoms with Gasteiger partial charge in [-0.05, 0) is 58.0 Å². The summed E-state index contributed by atoms with van der Waals surface area (Å²) in [7, 11) is -5.70. The Bertz CT molecular complexity index is 6570. The number of carboxylic acid groups (broad SMARTS) is 6. The van der Waals surface area contributed by atoms with E-state index in [4.69, 9.17) is 30.0 Å². The van der Waals surface area contributed by atoms with Gasteiger partial charge in [0.25, 0.3) is 67.1 Å². The first kappa shape index (κ1) is 113. The molecule has 4 saturated heterocycles. The number of ether oxygens (including phenoxy) is 4. The maximum absolute atomic E-state index is 13.5. The third kappa shape index (κ3) is 25.9. The second kappa shape index (κ2) is 48.3. The molecule has 14 heterocycles. The van der Waals surface area contributed by atoms with Crippen LogP contribution in [0.2, 0.25) is 0 Å². The lowest BCUT2D eigenvalue weighted by molar-refractivity contribution is -0.689. The summed E-state index contributed by atoms with van der Waals surface area (Å²) in [5.74, 6) is -16.1. The molecular weight excluding hydrogens is 2150 g/mol. The average Bonchev–Trinajstić information content (AvgIpc) is 1.19. The molecule has 4 fully saturated rings. The predicted molar refractivity (Wildman–Crippen MR) is 518 cm³/mol. The summed E-state index contributed by atoms with van der Waals surface area (Å²) in [6, 6.07) is 24.8. The van der Waals surface area contributed by atoms with Gasteiger partial charge in [-0.3, -0.25) is 76.7 Å². The highest BCUT2D eigenvalue weighted by atomic mass is 35.5. The van der Waals surface area contributed by atoms with E-state index in [1.807, 2.05) is 22.9 Å². The number of nitrogens with zero attached hydrogens (tertiary/aromatic N) is 8. The van der Waals surface area contributed by atoms with Crippen LogP contribution in [-0.4, -0.2) is 300 Å². The number of primary amides is 2. The standard InChI is InChI=1S/2C28H26N6O10S2.2C16H17N3O7S2.ClH/c2*35-23(18(16-4-2-1-3-5-16)31-24(36)19-20(27(38)39)30-14-29-19)32-21-25(37)34-22(28(40)41)17(13-45-26(21)34)12-33-9-6-15(7-10-33)8-11-46(42,43)44;2*1-25-16(18-10(20)5-9-3-2-4-27-9)13(23)19-11(12(21)22)8(6-26-15(17)24)7-28-14(16)19;/h2*1-7,9-10,14,18,21,26H,8,11-13H2,(H5-,29,30,31,32,35,36,38,39,40,41,42,43,44);2*2-4,14H,5-7H2,1H3,(H2,17,24)(H,18,20)(H,21,22);1H/t2*18-,21-,26-;2*14-,16+;/m1111./s1. The molecule has 10 atom stereocenters. The van der Waals surface area contributed by atoms with Crippen molar-refractivity contribution in [1.82, 2.24) is 71.4 Å². The summed E-state index contributed by atoms with van der Waals surface area (Å²) in [6.07, 6.45) is 6.70. The smallest absolute Gasteiger partial charge is 0.404 e. The number of H-pyrrole nitrogens is 2.